The number of nitrogens with one attached hydrogen (secondary N) is 1. The molecule has 3 aromatic rings. The van der Waals surface area contributed by atoms with Gasteiger partial charge in [-0.15, -0.1) is 0 Å². The van der Waals surface area contributed by atoms with Crippen molar-refractivity contribution >= 4 is 11.5 Å². The van der Waals surface area contributed by atoms with Crippen LogP contribution in [0.25, 0.3) is 0 Å². The van der Waals surface area contributed by atoms with Crippen molar-refractivity contribution in [2.75, 3.05) is 5.32 Å². The molecule has 0 aliphatic heterocycles. The summed E-state index contributed by atoms with van der Waals surface area (Å²) in [7, 11) is 0. The van der Waals surface area contributed by atoms with Crippen molar-refractivity contribution < 1.29 is 22.7 Å². The maximum Gasteiger partial charge on any atom is 0.416 e. The van der Waals surface area contributed by atoms with Gasteiger partial charge in [-0.25, -0.2) is 9.97 Å². The van der Waals surface area contributed by atoms with Gasteiger partial charge < -0.3 is 10.1 Å². The number of hydrogen-bond donors (Lipinski definition) is 1. The van der Waals surface area contributed by atoms with Crippen LogP contribution in [0.2, 0.25) is 0 Å². The van der Waals surface area contributed by atoms with Crippen LogP contribution in [0.5, 0.6) is 11.8 Å². The number of ketones is 1. The first-order valence-electron chi connectivity index (χ1n) is 8.11. The minimum atomic E-state index is -4.42. The third kappa shape index (κ3) is 5.16. The number of carbonyl (C=O) groups excluding carboxylic acids is 1. The van der Waals surface area contributed by atoms with Gasteiger partial charge in [0.2, 0.25) is 0 Å². The lowest BCUT2D eigenvalue weighted by Gasteiger charge is -2.08. The number of aromatic nitrogens is 2. The normalized spacial score (nSPS) is 11.4. The summed E-state index contributed by atoms with van der Waals surface area (Å²) in [5.74, 6) is 0.149. The minimum Gasteiger partial charge on any atom is -0.424 e. The fourth-order valence-corrected chi connectivity index (χ4v) is 2.23. The quantitative estimate of drug-likeness (QED) is 0.473. The highest BCUT2D eigenvalue weighted by Gasteiger charge is 2.30. The van der Waals surface area contributed by atoms with Crippen LogP contribution in [-0.2, 0) is 6.18 Å². The van der Waals surface area contributed by atoms with Crippen molar-refractivity contribution in [3.8, 4) is 11.8 Å². The van der Waals surface area contributed by atoms with E-state index in [0.717, 1.165) is 12.1 Å². The van der Waals surface area contributed by atoms with Gasteiger partial charge in [0.25, 0.3) is 0 Å². The lowest BCUT2D eigenvalue weighted by molar-refractivity contribution is -0.137. The second-order valence-corrected chi connectivity index (χ2v) is 5.58. The summed E-state index contributed by atoms with van der Waals surface area (Å²) < 4.78 is 43.5. The molecule has 1 N–H and O–H groups in total. The highest BCUT2D eigenvalue weighted by atomic mass is 19.4. The molecule has 1 heterocycles. The van der Waals surface area contributed by atoms with E-state index in [9.17, 15) is 18.0 Å². The number of alkyl halides is 3. The number of hydrogen-bond acceptors (Lipinski definition) is 5. The fourth-order valence-electron chi connectivity index (χ4n) is 2.23. The highest BCUT2D eigenvalue weighted by molar-refractivity contribution is 6.04. The first-order chi connectivity index (χ1) is 13.4. The standard InChI is InChI=1S/C20H14F3N3O2/c21-20(22,23)15-3-1-4-16(13-15)24-12-9-18(27)14-5-7-17(8-6-14)28-19-25-10-2-11-26-19/h1-13,24H/b12-9+. The smallest absolute Gasteiger partial charge is 0.416 e. The van der Waals surface area contributed by atoms with Gasteiger partial charge in [0.05, 0.1) is 5.56 Å². The molecule has 142 valence electrons. The predicted molar refractivity (Wildman–Crippen MR) is 97.1 cm³/mol. The molecular formula is C20H14F3N3O2. The summed E-state index contributed by atoms with van der Waals surface area (Å²) in [6.45, 7) is 0. The lowest BCUT2D eigenvalue weighted by atomic mass is 10.1. The van der Waals surface area contributed by atoms with E-state index in [0.29, 0.717) is 11.3 Å². The Hall–Kier alpha value is -3.68. The molecule has 0 unspecified atom stereocenters. The predicted octanol–water partition coefficient (Wildman–Crippen LogP) is 5.10. The minimum absolute atomic E-state index is 0.187. The second-order valence-electron chi connectivity index (χ2n) is 5.58. The van der Waals surface area contributed by atoms with Crippen molar-refractivity contribution in [3.63, 3.8) is 0 Å². The van der Waals surface area contributed by atoms with E-state index in [1.165, 1.54) is 24.4 Å². The number of carbonyl (C=O) groups is 1. The third-order valence-corrected chi connectivity index (χ3v) is 3.56. The zero-order valence-corrected chi connectivity index (χ0v) is 14.4. The van der Waals surface area contributed by atoms with E-state index in [4.69, 9.17) is 4.74 Å². The summed E-state index contributed by atoms with van der Waals surface area (Å²) in [5.41, 5.74) is -0.149. The SMILES string of the molecule is O=C(/C=C/Nc1cccc(C(F)(F)F)c1)c1ccc(Oc2ncccn2)cc1. The van der Waals surface area contributed by atoms with Crippen molar-refractivity contribution in [1.82, 2.24) is 9.97 Å². The van der Waals surface area contributed by atoms with E-state index in [1.54, 1.807) is 42.7 Å². The Morgan fingerprint density at radius 1 is 1.00 bits per heavy atom. The average Bonchev–Trinajstić information content (AvgIpc) is 2.69. The number of ether oxygens (including phenoxy) is 1. The Balaban J connectivity index is 1.60. The molecule has 0 aliphatic carbocycles. The molecule has 8 heteroatoms. The van der Waals surface area contributed by atoms with Crippen molar-refractivity contribution in [1.29, 1.82) is 0 Å². The molecule has 0 saturated carbocycles. The van der Waals surface area contributed by atoms with Crippen LogP contribution in [0.15, 0.2) is 79.3 Å². The largest absolute Gasteiger partial charge is 0.424 e. The molecule has 0 aliphatic rings. The molecule has 0 fully saturated rings. The number of allylic oxidation sites excluding steroid dienone is 1. The number of benzene rings is 2. The van der Waals surface area contributed by atoms with Gasteiger partial charge in [-0.2, -0.15) is 13.2 Å². The van der Waals surface area contributed by atoms with Crippen molar-refractivity contribution in [3.05, 3.63) is 90.4 Å². The van der Waals surface area contributed by atoms with Gasteiger partial charge in [-0.1, -0.05) is 6.07 Å². The first kappa shape index (κ1) is 19.1. The van der Waals surface area contributed by atoms with Crippen LogP contribution in [-0.4, -0.2) is 15.8 Å². The number of halogens is 3. The highest BCUT2D eigenvalue weighted by Crippen LogP contribution is 2.30. The summed E-state index contributed by atoms with van der Waals surface area (Å²) in [6, 6.07) is 12.9. The molecule has 0 radical (unpaired) electrons. The Labute approximate surface area is 158 Å². The van der Waals surface area contributed by atoms with Gasteiger partial charge in [0.15, 0.2) is 5.78 Å². The molecule has 0 atom stereocenters. The molecule has 3 rings (SSSR count). The summed E-state index contributed by atoms with van der Waals surface area (Å²) in [5, 5.41) is 2.66. The summed E-state index contributed by atoms with van der Waals surface area (Å²) >= 11 is 0. The van der Waals surface area contributed by atoms with Crippen LogP contribution in [0.4, 0.5) is 18.9 Å². The molecule has 28 heavy (non-hydrogen) atoms. The Kier molecular flexibility index (Phi) is 5.69. The zero-order valence-electron chi connectivity index (χ0n) is 14.4. The topological polar surface area (TPSA) is 64.1 Å². The van der Waals surface area contributed by atoms with Crippen LogP contribution in [0.3, 0.4) is 0 Å². The molecule has 2 aromatic carbocycles. The summed E-state index contributed by atoms with van der Waals surface area (Å²) in [6.07, 6.45) is 1.19. The Morgan fingerprint density at radius 2 is 1.71 bits per heavy atom. The second kappa shape index (κ2) is 8.34. The maximum atomic E-state index is 12.7. The van der Waals surface area contributed by atoms with Crippen LogP contribution < -0.4 is 10.1 Å². The number of rotatable bonds is 6. The molecular weight excluding hydrogens is 371 g/mol. The van der Waals surface area contributed by atoms with Crippen molar-refractivity contribution in [2.45, 2.75) is 6.18 Å². The number of anilines is 1. The van der Waals surface area contributed by atoms with E-state index in [1.807, 2.05) is 0 Å². The maximum absolute atomic E-state index is 12.7. The Morgan fingerprint density at radius 3 is 2.39 bits per heavy atom. The van der Waals surface area contributed by atoms with E-state index in [-0.39, 0.29) is 17.5 Å². The van der Waals surface area contributed by atoms with E-state index in [2.05, 4.69) is 15.3 Å². The van der Waals surface area contributed by atoms with E-state index >= 15 is 0 Å². The monoisotopic (exact) mass is 385 g/mol. The Bertz CT molecular complexity index is 972. The van der Waals surface area contributed by atoms with Crippen LogP contribution in [0, 0.1) is 0 Å². The van der Waals surface area contributed by atoms with Crippen molar-refractivity contribution in [2.24, 2.45) is 0 Å². The molecule has 0 spiro atoms. The molecule has 0 bridgehead atoms. The molecule has 0 amide bonds. The number of nitrogens with zero attached hydrogens (tertiary/aromatic N) is 2. The fraction of sp³-hybridized carbons (Fsp3) is 0.0500. The molecule has 1 aromatic heterocycles. The summed E-state index contributed by atoms with van der Waals surface area (Å²) in [4.78, 5) is 20.0. The van der Waals surface area contributed by atoms with Gasteiger partial charge in [0.1, 0.15) is 5.75 Å². The van der Waals surface area contributed by atoms with Gasteiger partial charge >= 0.3 is 12.2 Å². The third-order valence-electron chi connectivity index (χ3n) is 3.56. The molecule has 0 saturated heterocycles. The lowest BCUT2D eigenvalue weighted by Crippen LogP contribution is -2.05. The van der Waals surface area contributed by atoms with Crippen LogP contribution >= 0.6 is 0 Å². The zero-order chi connectivity index (χ0) is 20.0. The first-order valence-corrected chi connectivity index (χ1v) is 8.11. The average molecular weight is 385 g/mol. The molecule has 5 nitrogen and oxygen atoms in total. The van der Waals surface area contributed by atoms with Crippen LogP contribution in [0.1, 0.15) is 15.9 Å². The van der Waals surface area contributed by atoms with E-state index < -0.39 is 11.7 Å². The van der Waals surface area contributed by atoms with Gasteiger partial charge in [-0.3, -0.25) is 4.79 Å². The van der Waals surface area contributed by atoms with Gasteiger partial charge in [0, 0.05) is 35.9 Å². The van der Waals surface area contributed by atoms with Gasteiger partial charge in [-0.05, 0) is 48.5 Å².